The number of rotatable bonds is 7. The summed E-state index contributed by atoms with van der Waals surface area (Å²) in [4.78, 5) is 31.5. The molecule has 0 amide bonds. The van der Waals surface area contributed by atoms with E-state index in [0.717, 1.165) is 17.2 Å². The molecule has 0 fully saturated rings. The zero-order chi connectivity index (χ0) is 24.3. The van der Waals surface area contributed by atoms with Gasteiger partial charge in [-0.3, -0.25) is 19.7 Å². The first kappa shape index (κ1) is 25.1. The van der Waals surface area contributed by atoms with Crippen LogP contribution in [0.25, 0.3) is 0 Å². The highest BCUT2D eigenvalue weighted by atomic mass is 35.5. The third-order valence-electron chi connectivity index (χ3n) is 3.67. The zero-order valence-corrected chi connectivity index (χ0v) is 18.2. The molecule has 2 rings (SSSR count). The maximum absolute atomic E-state index is 12.8. The number of pyridine rings is 1. The first-order chi connectivity index (χ1) is 14.7. The van der Waals surface area contributed by atoms with E-state index in [1.54, 1.807) is 20.8 Å². The van der Waals surface area contributed by atoms with E-state index in [9.17, 15) is 28.1 Å². The van der Waals surface area contributed by atoms with Crippen LogP contribution in [0.3, 0.4) is 0 Å². The van der Waals surface area contributed by atoms with Gasteiger partial charge in [0.2, 0.25) is 5.88 Å². The fraction of sp³-hybridized carbons (Fsp3) is 0.368. The molecule has 1 aromatic heterocycles. The van der Waals surface area contributed by atoms with Gasteiger partial charge in [-0.05, 0) is 32.9 Å². The molecule has 0 aliphatic heterocycles. The van der Waals surface area contributed by atoms with Gasteiger partial charge in [-0.25, -0.2) is 10.0 Å². The molecule has 0 bridgehead atoms. The number of benzene rings is 1. The number of alkyl halides is 3. The molecular weight excluding hydrogens is 459 g/mol. The van der Waals surface area contributed by atoms with Crippen molar-refractivity contribution in [3.63, 3.8) is 0 Å². The monoisotopic (exact) mass is 477 g/mol. The molecule has 0 atom stereocenters. The second kappa shape index (κ2) is 9.57. The van der Waals surface area contributed by atoms with Gasteiger partial charge >= 0.3 is 12.1 Å². The van der Waals surface area contributed by atoms with Gasteiger partial charge in [-0.1, -0.05) is 11.6 Å². The summed E-state index contributed by atoms with van der Waals surface area (Å²) in [6.45, 7) is 4.47. The number of hydrogen-bond donors (Lipinski definition) is 0. The lowest BCUT2D eigenvalue weighted by Gasteiger charge is -2.24. The number of nitro groups is 1. The zero-order valence-electron chi connectivity index (χ0n) is 17.4. The number of ether oxygens (including phenoxy) is 2. The second-order valence-corrected chi connectivity index (χ2v) is 7.73. The Labute approximate surface area is 185 Å². The minimum atomic E-state index is -4.64. The van der Waals surface area contributed by atoms with Crippen molar-refractivity contribution in [2.45, 2.75) is 32.5 Å². The number of nitrogens with zero attached hydrogens (tertiary/aromatic N) is 3. The van der Waals surface area contributed by atoms with Crippen molar-refractivity contribution in [3.8, 4) is 11.6 Å². The molecule has 13 heteroatoms. The van der Waals surface area contributed by atoms with E-state index >= 15 is 0 Å². The van der Waals surface area contributed by atoms with Crippen LogP contribution in [0, 0.1) is 10.1 Å². The first-order valence-corrected chi connectivity index (χ1v) is 9.31. The molecule has 2 aromatic rings. The summed E-state index contributed by atoms with van der Waals surface area (Å²) < 4.78 is 48.9. The lowest BCUT2D eigenvalue weighted by atomic mass is 10.2. The maximum atomic E-state index is 12.8. The van der Waals surface area contributed by atoms with E-state index in [1.807, 2.05) is 0 Å². The second-order valence-electron chi connectivity index (χ2n) is 7.32. The predicted molar refractivity (Wildman–Crippen MR) is 108 cm³/mol. The summed E-state index contributed by atoms with van der Waals surface area (Å²) >= 11 is 5.83. The summed E-state index contributed by atoms with van der Waals surface area (Å²) in [5, 5.41) is 11.9. The molecule has 174 valence electrons. The summed E-state index contributed by atoms with van der Waals surface area (Å²) in [5.41, 5.74) is -2.45. The highest BCUT2D eigenvalue weighted by molar-refractivity contribution is 6.31. The number of halogens is 4. The van der Waals surface area contributed by atoms with Crippen molar-refractivity contribution in [2.75, 3.05) is 18.7 Å². The van der Waals surface area contributed by atoms with Crippen LogP contribution in [0.1, 0.15) is 26.3 Å². The van der Waals surface area contributed by atoms with Crippen LogP contribution in [0.4, 0.5) is 24.5 Å². The summed E-state index contributed by atoms with van der Waals surface area (Å²) in [5.74, 6) is -1.12. The van der Waals surface area contributed by atoms with E-state index in [1.165, 1.54) is 13.2 Å². The van der Waals surface area contributed by atoms with Crippen LogP contribution in [0.15, 0.2) is 30.5 Å². The van der Waals surface area contributed by atoms with Crippen LogP contribution in [-0.2, 0) is 20.5 Å². The number of carbonyl (C=O) groups is 1. The molecule has 0 saturated carbocycles. The quantitative estimate of drug-likeness (QED) is 0.306. The molecule has 0 unspecified atom stereocenters. The van der Waals surface area contributed by atoms with Crippen molar-refractivity contribution in [3.05, 3.63) is 51.2 Å². The molecule has 1 heterocycles. The summed E-state index contributed by atoms with van der Waals surface area (Å²) in [7, 11) is 1.19. The van der Waals surface area contributed by atoms with E-state index < -0.39 is 45.5 Å². The van der Waals surface area contributed by atoms with Crippen molar-refractivity contribution in [1.82, 2.24) is 4.98 Å². The third-order valence-corrected chi connectivity index (χ3v) is 3.95. The predicted octanol–water partition coefficient (Wildman–Crippen LogP) is 5.16. The Balaban J connectivity index is 2.37. The fourth-order valence-corrected chi connectivity index (χ4v) is 2.63. The number of anilines is 1. The third kappa shape index (κ3) is 6.69. The van der Waals surface area contributed by atoms with Gasteiger partial charge in [0.1, 0.15) is 28.6 Å². The van der Waals surface area contributed by atoms with E-state index in [2.05, 4.69) is 4.98 Å². The highest BCUT2D eigenvalue weighted by Gasteiger charge is 2.32. The van der Waals surface area contributed by atoms with E-state index in [-0.39, 0.29) is 17.3 Å². The average molecular weight is 478 g/mol. The van der Waals surface area contributed by atoms with Gasteiger partial charge in [-0.2, -0.15) is 13.2 Å². The van der Waals surface area contributed by atoms with Gasteiger partial charge in [0.25, 0.3) is 5.69 Å². The number of esters is 1. The minimum absolute atomic E-state index is 0.0500. The average Bonchev–Trinajstić information content (AvgIpc) is 2.65. The lowest BCUT2D eigenvalue weighted by Crippen LogP contribution is -2.34. The topological polar surface area (TPSA) is 104 Å². The Morgan fingerprint density at radius 3 is 2.41 bits per heavy atom. The number of nitro benzene ring substituents is 1. The van der Waals surface area contributed by atoms with Crippen molar-refractivity contribution < 1.29 is 37.2 Å². The highest BCUT2D eigenvalue weighted by Crippen LogP contribution is 2.37. The van der Waals surface area contributed by atoms with Crippen LogP contribution >= 0.6 is 11.6 Å². The van der Waals surface area contributed by atoms with Crippen molar-refractivity contribution in [2.24, 2.45) is 0 Å². The van der Waals surface area contributed by atoms with Gasteiger partial charge in [0, 0.05) is 18.3 Å². The van der Waals surface area contributed by atoms with Crippen LogP contribution in [0.5, 0.6) is 11.6 Å². The van der Waals surface area contributed by atoms with E-state index in [0.29, 0.717) is 12.3 Å². The van der Waals surface area contributed by atoms with Crippen molar-refractivity contribution >= 4 is 28.9 Å². The number of hydrogen-bond acceptors (Lipinski definition) is 8. The molecule has 0 aliphatic carbocycles. The molecule has 9 nitrogen and oxygen atoms in total. The van der Waals surface area contributed by atoms with E-state index in [4.69, 9.17) is 25.9 Å². The SMILES string of the molecule is CON(CC(=O)OC(C)(C)C)c1cc(Oc2ncc(C(F)(F)F)cc2Cl)ccc1[N+](=O)[O-]. The Morgan fingerprint density at radius 1 is 1.25 bits per heavy atom. The Kier molecular flexibility index (Phi) is 7.52. The Bertz CT molecular complexity index is 1010. The van der Waals surface area contributed by atoms with Crippen molar-refractivity contribution in [1.29, 1.82) is 0 Å². The first-order valence-electron chi connectivity index (χ1n) is 8.94. The Hall–Kier alpha value is -3.12. The molecule has 0 N–H and O–H groups in total. The molecular formula is C19H19ClF3N3O6. The number of aromatic nitrogens is 1. The van der Waals surface area contributed by atoms with Crippen LogP contribution in [0.2, 0.25) is 5.02 Å². The van der Waals surface area contributed by atoms with Gasteiger partial charge in [0.15, 0.2) is 0 Å². The Morgan fingerprint density at radius 2 is 1.91 bits per heavy atom. The molecule has 1 aromatic carbocycles. The molecule has 32 heavy (non-hydrogen) atoms. The summed E-state index contributed by atoms with van der Waals surface area (Å²) in [6, 6.07) is 4.06. The number of hydroxylamine groups is 1. The molecule has 0 aliphatic rings. The fourth-order valence-electron chi connectivity index (χ4n) is 2.43. The van der Waals surface area contributed by atoms with Gasteiger partial charge in [-0.15, -0.1) is 0 Å². The van der Waals surface area contributed by atoms with Crippen LogP contribution in [-0.4, -0.2) is 35.1 Å². The van der Waals surface area contributed by atoms with Gasteiger partial charge < -0.3 is 9.47 Å². The minimum Gasteiger partial charge on any atom is -0.459 e. The standard InChI is InChI=1S/C19H19ClF3N3O6/c1-18(2,3)32-16(27)10-25(30-4)15-8-12(5-6-14(15)26(28)29)31-17-13(20)7-11(9-24-17)19(21,22)23/h5-9H,10H2,1-4H3. The molecule has 0 saturated heterocycles. The van der Waals surface area contributed by atoms with Crippen LogP contribution < -0.4 is 9.80 Å². The smallest absolute Gasteiger partial charge is 0.417 e. The largest absolute Gasteiger partial charge is 0.459 e. The normalized spacial score (nSPS) is 11.8. The lowest BCUT2D eigenvalue weighted by molar-refractivity contribution is -0.384. The molecule has 0 radical (unpaired) electrons. The summed E-state index contributed by atoms with van der Waals surface area (Å²) in [6.07, 6.45) is -4.10. The van der Waals surface area contributed by atoms with Gasteiger partial charge in [0.05, 0.1) is 17.6 Å². The maximum Gasteiger partial charge on any atom is 0.417 e. The number of carbonyl (C=O) groups excluding carboxylic acids is 1. The molecule has 0 spiro atoms.